The smallest absolute Gasteiger partial charge is 0.0221 e. The number of hydrogen-bond donors (Lipinski definition) is 1. The maximum absolute atomic E-state index is 6.03. The number of hydrogen-bond acceptors (Lipinski definition) is 2. The van der Waals surface area contributed by atoms with Gasteiger partial charge < -0.3 is 5.73 Å². The summed E-state index contributed by atoms with van der Waals surface area (Å²) in [5.74, 6) is 0.723. The molecule has 0 aliphatic rings. The SMILES string of the molecule is CCCCCCCCCC(CN)N(CC(C)C)C(C)C. The van der Waals surface area contributed by atoms with E-state index in [9.17, 15) is 0 Å². The van der Waals surface area contributed by atoms with Gasteiger partial charge in [0.15, 0.2) is 0 Å². The van der Waals surface area contributed by atoms with Crippen LogP contribution in [-0.4, -0.2) is 30.1 Å². The van der Waals surface area contributed by atoms with E-state index < -0.39 is 0 Å². The van der Waals surface area contributed by atoms with E-state index in [-0.39, 0.29) is 0 Å². The Kier molecular flexibility index (Phi) is 12.6. The van der Waals surface area contributed by atoms with Gasteiger partial charge in [-0.15, -0.1) is 0 Å². The molecule has 2 heteroatoms. The zero-order valence-corrected chi connectivity index (χ0v) is 14.8. The van der Waals surface area contributed by atoms with Crippen molar-refractivity contribution in [2.24, 2.45) is 11.7 Å². The maximum atomic E-state index is 6.03. The normalized spacial score (nSPS) is 13.7. The van der Waals surface area contributed by atoms with Gasteiger partial charge in [-0.1, -0.05) is 65.7 Å². The van der Waals surface area contributed by atoms with Crippen molar-refractivity contribution in [3.05, 3.63) is 0 Å². The van der Waals surface area contributed by atoms with Gasteiger partial charge in [-0.2, -0.15) is 0 Å². The van der Waals surface area contributed by atoms with Crippen LogP contribution in [0, 0.1) is 5.92 Å². The van der Waals surface area contributed by atoms with E-state index in [0.29, 0.717) is 12.1 Å². The summed E-state index contributed by atoms with van der Waals surface area (Å²) in [6, 6.07) is 1.18. The third-order valence-corrected chi connectivity index (χ3v) is 4.12. The fraction of sp³-hybridized carbons (Fsp3) is 1.00. The van der Waals surface area contributed by atoms with E-state index in [4.69, 9.17) is 5.73 Å². The molecule has 20 heavy (non-hydrogen) atoms. The molecule has 0 radical (unpaired) electrons. The standard InChI is InChI=1S/C18H40N2/c1-6-7-8-9-10-11-12-13-18(14-19)20(17(4)5)15-16(2)3/h16-18H,6-15,19H2,1-5H3. The van der Waals surface area contributed by atoms with Gasteiger partial charge in [0.25, 0.3) is 0 Å². The van der Waals surface area contributed by atoms with Crippen LogP contribution in [0.15, 0.2) is 0 Å². The zero-order chi connectivity index (χ0) is 15.4. The fourth-order valence-corrected chi connectivity index (χ4v) is 2.96. The second kappa shape index (κ2) is 12.6. The molecule has 0 saturated heterocycles. The van der Waals surface area contributed by atoms with Crippen LogP contribution in [0.3, 0.4) is 0 Å². The second-order valence-electron chi connectivity index (χ2n) is 6.98. The highest BCUT2D eigenvalue weighted by atomic mass is 15.2. The lowest BCUT2D eigenvalue weighted by Gasteiger charge is -2.35. The van der Waals surface area contributed by atoms with E-state index >= 15 is 0 Å². The zero-order valence-electron chi connectivity index (χ0n) is 14.8. The van der Waals surface area contributed by atoms with Crippen LogP contribution in [-0.2, 0) is 0 Å². The van der Waals surface area contributed by atoms with Crippen LogP contribution in [0.5, 0.6) is 0 Å². The van der Waals surface area contributed by atoms with Gasteiger partial charge in [-0.25, -0.2) is 0 Å². The summed E-state index contributed by atoms with van der Waals surface area (Å²) in [7, 11) is 0. The Morgan fingerprint density at radius 2 is 1.40 bits per heavy atom. The van der Waals surface area contributed by atoms with Gasteiger partial charge in [0.1, 0.15) is 0 Å². The first kappa shape index (κ1) is 19.9. The molecule has 122 valence electrons. The molecule has 2 N–H and O–H groups in total. The van der Waals surface area contributed by atoms with Crippen molar-refractivity contribution < 1.29 is 0 Å². The Labute approximate surface area is 128 Å². The second-order valence-corrected chi connectivity index (χ2v) is 6.98. The summed E-state index contributed by atoms with van der Waals surface area (Å²) >= 11 is 0. The molecule has 2 nitrogen and oxygen atoms in total. The van der Waals surface area contributed by atoms with Crippen molar-refractivity contribution in [2.75, 3.05) is 13.1 Å². The van der Waals surface area contributed by atoms with Crippen LogP contribution < -0.4 is 5.73 Å². The monoisotopic (exact) mass is 284 g/mol. The van der Waals surface area contributed by atoms with Crippen molar-refractivity contribution in [3.63, 3.8) is 0 Å². The van der Waals surface area contributed by atoms with Crippen LogP contribution in [0.4, 0.5) is 0 Å². The predicted octanol–water partition coefficient (Wildman–Crippen LogP) is 4.82. The Morgan fingerprint density at radius 1 is 0.850 bits per heavy atom. The summed E-state index contributed by atoms with van der Waals surface area (Å²) in [4.78, 5) is 2.61. The summed E-state index contributed by atoms with van der Waals surface area (Å²) in [6.45, 7) is 13.5. The minimum atomic E-state index is 0.577. The van der Waals surface area contributed by atoms with Crippen molar-refractivity contribution in [2.45, 2.75) is 98.1 Å². The molecule has 1 unspecified atom stereocenters. The number of nitrogens with zero attached hydrogens (tertiary/aromatic N) is 1. The van der Waals surface area contributed by atoms with Crippen molar-refractivity contribution >= 4 is 0 Å². The minimum Gasteiger partial charge on any atom is -0.329 e. The van der Waals surface area contributed by atoms with E-state index in [1.165, 1.54) is 57.9 Å². The first-order valence-corrected chi connectivity index (χ1v) is 8.98. The van der Waals surface area contributed by atoms with Crippen molar-refractivity contribution in [3.8, 4) is 0 Å². The Bertz CT molecular complexity index is 202. The van der Waals surface area contributed by atoms with Gasteiger partial charge in [0.05, 0.1) is 0 Å². The maximum Gasteiger partial charge on any atom is 0.0221 e. The average molecular weight is 285 g/mol. The topological polar surface area (TPSA) is 29.3 Å². The van der Waals surface area contributed by atoms with Crippen LogP contribution in [0.25, 0.3) is 0 Å². The van der Waals surface area contributed by atoms with Crippen LogP contribution in [0.2, 0.25) is 0 Å². The Balaban J connectivity index is 3.93. The molecule has 0 amide bonds. The fourth-order valence-electron chi connectivity index (χ4n) is 2.96. The molecule has 0 aliphatic heterocycles. The van der Waals surface area contributed by atoms with E-state index in [2.05, 4.69) is 39.5 Å². The van der Waals surface area contributed by atoms with Gasteiger partial charge in [-0.05, 0) is 26.2 Å². The highest BCUT2D eigenvalue weighted by molar-refractivity contribution is 4.76. The number of nitrogens with two attached hydrogens (primary N) is 1. The molecule has 0 aromatic heterocycles. The van der Waals surface area contributed by atoms with Crippen LogP contribution in [0.1, 0.15) is 86.0 Å². The molecular formula is C18H40N2. The van der Waals surface area contributed by atoms with E-state index in [1.807, 2.05) is 0 Å². The summed E-state index contributed by atoms with van der Waals surface area (Å²) in [6.07, 6.45) is 11.0. The van der Waals surface area contributed by atoms with Gasteiger partial charge in [0, 0.05) is 25.2 Å². The predicted molar refractivity (Wildman–Crippen MR) is 92.1 cm³/mol. The Morgan fingerprint density at radius 3 is 1.85 bits per heavy atom. The molecule has 0 aliphatic carbocycles. The molecule has 0 rings (SSSR count). The van der Waals surface area contributed by atoms with Gasteiger partial charge >= 0.3 is 0 Å². The summed E-state index contributed by atoms with van der Waals surface area (Å²) in [5, 5.41) is 0. The Hall–Kier alpha value is -0.0800. The molecule has 0 saturated carbocycles. The largest absolute Gasteiger partial charge is 0.329 e. The molecular weight excluding hydrogens is 244 g/mol. The van der Waals surface area contributed by atoms with Gasteiger partial charge in [-0.3, -0.25) is 4.90 Å². The lowest BCUT2D eigenvalue weighted by Crippen LogP contribution is -2.46. The number of rotatable bonds is 13. The third-order valence-electron chi connectivity index (χ3n) is 4.12. The molecule has 0 heterocycles. The third kappa shape index (κ3) is 9.77. The lowest BCUT2D eigenvalue weighted by atomic mass is 10.0. The molecule has 0 aromatic rings. The van der Waals surface area contributed by atoms with Crippen LogP contribution >= 0.6 is 0 Å². The molecule has 0 spiro atoms. The molecule has 1 atom stereocenters. The van der Waals surface area contributed by atoms with Crippen molar-refractivity contribution in [1.29, 1.82) is 0 Å². The lowest BCUT2D eigenvalue weighted by molar-refractivity contribution is 0.129. The van der Waals surface area contributed by atoms with Crippen molar-refractivity contribution in [1.82, 2.24) is 4.90 Å². The molecule has 0 bridgehead atoms. The highest BCUT2D eigenvalue weighted by Crippen LogP contribution is 2.16. The first-order chi connectivity index (χ1) is 9.52. The first-order valence-electron chi connectivity index (χ1n) is 8.98. The minimum absolute atomic E-state index is 0.577. The highest BCUT2D eigenvalue weighted by Gasteiger charge is 2.20. The van der Waals surface area contributed by atoms with E-state index in [0.717, 1.165) is 12.5 Å². The van der Waals surface area contributed by atoms with Gasteiger partial charge in [0.2, 0.25) is 0 Å². The summed E-state index contributed by atoms with van der Waals surface area (Å²) < 4.78 is 0. The number of unbranched alkanes of at least 4 members (excludes halogenated alkanes) is 6. The molecule has 0 aromatic carbocycles. The van der Waals surface area contributed by atoms with E-state index in [1.54, 1.807) is 0 Å². The molecule has 0 fully saturated rings. The average Bonchev–Trinajstić information content (AvgIpc) is 2.39. The quantitative estimate of drug-likeness (QED) is 0.491. The summed E-state index contributed by atoms with van der Waals surface area (Å²) in [5.41, 5.74) is 6.03.